The molecule has 9 aliphatic rings. The van der Waals surface area contributed by atoms with Crippen LogP contribution in [0.5, 0.6) is 0 Å². The Morgan fingerprint density at radius 2 is 1.22 bits per heavy atom. The molecule has 0 aromatic rings. The zero-order chi connectivity index (χ0) is 65.7. The summed E-state index contributed by atoms with van der Waals surface area (Å²) in [4.78, 5) is 41.1. The number of hydrogen-bond acceptors (Lipinski definition) is 26. The van der Waals surface area contributed by atoms with Crippen LogP contribution in [0.25, 0.3) is 0 Å². The Labute approximate surface area is 517 Å². The van der Waals surface area contributed by atoms with E-state index in [1.54, 1.807) is 33.8 Å². The number of aliphatic carboxylic acids is 1. The van der Waals surface area contributed by atoms with Crippen LogP contribution in [0.3, 0.4) is 0 Å². The lowest BCUT2D eigenvalue weighted by molar-refractivity contribution is -0.401. The number of carbonyl (C=O) groups excluding carboxylic acids is 2. The SMILES string of the molecule is CC=C(C)C(=O)OC1C(OC(=O)C=C(C)C)C(C)(C)CC2C3=CCC4C5(C)CCC(OC6OC(C(=O)O)C(OC7OC(CO)C(O)C7O)C(OC7OCC(O)C(O)C7O)C6OC6OC(CO)C(O)C(O)C6O)C(C)(C)C5CCC4(C)C3(C)C(O)C(O)C21CO. The van der Waals surface area contributed by atoms with E-state index in [1.165, 1.54) is 6.08 Å². The second-order valence-electron chi connectivity index (χ2n) is 28.7. The predicted octanol–water partition coefficient (Wildman–Crippen LogP) is -1.27. The normalized spacial score (nSPS) is 49.4. The van der Waals surface area contributed by atoms with Crippen molar-refractivity contribution in [1.82, 2.24) is 0 Å². The molecule has 0 aromatic carbocycles. The minimum atomic E-state index is -2.19. The molecule has 506 valence electrons. The van der Waals surface area contributed by atoms with E-state index in [1.807, 2.05) is 34.6 Å². The monoisotopic (exact) mass is 1270 g/mol. The largest absolute Gasteiger partial charge is 0.479 e. The first-order valence-electron chi connectivity index (χ1n) is 31.0. The summed E-state index contributed by atoms with van der Waals surface area (Å²) in [6.45, 7) is 17.6. The Balaban J connectivity index is 1.08. The summed E-state index contributed by atoms with van der Waals surface area (Å²) in [5.74, 6) is -4.31. The summed E-state index contributed by atoms with van der Waals surface area (Å²) in [7, 11) is 0. The van der Waals surface area contributed by atoms with Gasteiger partial charge in [0, 0.05) is 22.5 Å². The van der Waals surface area contributed by atoms with Gasteiger partial charge >= 0.3 is 17.9 Å². The lowest BCUT2D eigenvalue weighted by Gasteiger charge is -2.73. The Kier molecular flexibility index (Phi) is 20.4. The summed E-state index contributed by atoms with van der Waals surface area (Å²) >= 11 is 0. The first kappa shape index (κ1) is 70.1. The van der Waals surface area contributed by atoms with Crippen molar-refractivity contribution in [3.8, 4) is 0 Å². The van der Waals surface area contributed by atoms with Gasteiger partial charge < -0.3 is 119 Å². The number of esters is 2. The molecule has 0 spiro atoms. The number of carboxylic acids is 1. The molecule has 30 atom stereocenters. The average molecular weight is 1270 g/mol. The second kappa shape index (κ2) is 25.8. The Bertz CT molecular complexity index is 2660. The third-order valence-corrected chi connectivity index (χ3v) is 22.7. The molecular weight excluding hydrogens is 1180 g/mol. The number of hydrogen-bond donors (Lipinski definition) is 14. The number of fused-ring (bicyclic) bond motifs is 7. The van der Waals surface area contributed by atoms with E-state index in [0.29, 0.717) is 31.3 Å². The highest BCUT2D eigenvalue weighted by atomic mass is 16.8. The third kappa shape index (κ3) is 11.6. The molecule has 4 saturated carbocycles. The number of aliphatic hydroxyl groups is 13. The standard InChI is InChI=1S/C62H96O27/c1-12-26(4)52(79)89-50-49(84-35(67)19-25(2)3)57(5,6)20-28-27-13-14-33-59(9)17-16-34(58(7,8)32(59)15-18-60(33,10)61(27,11)47(75)48(76)62(28,50)24-65)83-56-46(88-55-42(74)39(71)37(69)30(21-63)81-55)44(85-53-40(72)36(68)29(66)23-80-53)43(45(87-56)51(77)78)86-54-41(73)38(70)31(22-64)82-54/h12-13,19,28-34,36-50,53-56,63-66,68-76H,14-18,20-24H2,1-11H3,(H,77,78). The van der Waals surface area contributed by atoms with Crippen molar-refractivity contribution in [1.29, 1.82) is 0 Å². The van der Waals surface area contributed by atoms with E-state index in [9.17, 15) is 85.9 Å². The molecule has 4 saturated heterocycles. The van der Waals surface area contributed by atoms with Gasteiger partial charge in [-0.2, -0.15) is 0 Å². The zero-order valence-corrected chi connectivity index (χ0v) is 52.4. The lowest BCUT2D eigenvalue weighted by atomic mass is 9.32. The van der Waals surface area contributed by atoms with Crippen LogP contribution in [0, 0.1) is 50.2 Å². The van der Waals surface area contributed by atoms with Crippen LogP contribution in [0.15, 0.2) is 34.9 Å². The fraction of sp³-hybridized carbons (Fsp3) is 0.855. The zero-order valence-electron chi connectivity index (χ0n) is 52.4. The van der Waals surface area contributed by atoms with Gasteiger partial charge in [-0.1, -0.05) is 71.8 Å². The molecular formula is C62H96O27. The van der Waals surface area contributed by atoms with Crippen molar-refractivity contribution in [3.63, 3.8) is 0 Å². The van der Waals surface area contributed by atoms with Crippen LogP contribution in [-0.2, 0) is 61.8 Å². The van der Waals surface area contributed by atoms with Crippen LogP contribution >= 0.6 is 0 Å². The van der Waals surface area contributed by atoms with Crippen LogP contribution in [0.1, 0.15) is 115 Å². The highest BCUT2D eigenvalue weighted by Gasteiger charge is 2.76. The minimum Gasteiger partial charge on any atom is -0.479 e. The smallest absolute Gasteiger partial charge is 0.335 e. The van der Waals surface area contributed by atoms with Gasteiger partial charge in [-0.3, -0.25) is 0 Å². The summed E-state index contributed by atoms with van der Waals surface area (Å²) in [6, 6.07) is 0. The van der Waals surface area contributed by atoms with Crippen molar-refractivity contribution >= 4 is 17.9 Å². The first-order chi connectivity index (χ1) is 41.6. The number of ether oxygens (including phenoxy) is 10. The van der Waals surface area contributed by atoms with Gasteiger partial charge in [-0.25, -0.2) is 14.4 Å². The molecule has 89 heavy (non-hydrogen) atoms. The van der Waals surface area contributed by atoms with E-state index < -0.39 is 224 Å². The molecule has 0 amide bonds. The molecule has 9 rings (SSSR count). The summed E-state index contributed by atoms with van der Waals surface area (Å²) in [5.41, 5.74) is -4.43. The summed E-state index contributed by atoms with van der Waals surface area (Å²) < 4.78 is 61.8. The van der Waals surface area contributed by atoms with Crippen molar-refractivity contribution < 1.29 is 133 Å². The Morgan fingerprint density at radius 1 is 0.640 bits per heavy atom. The van der Waals surface area contributed by atoms with Crippen LogP contribution in [0.4, 0.5) is 0 Å². The van der Waals surface area contributed by atoms with Crippen molar-refractivity contribution in [2.45, 2.75) is 256 Å². The molecule has 5 aliphatic carbocycles. The molecule has 30 unspecified atom stereocenters. The molecule has 0 bridgehead atoms. The fourth-order valence-electron chi connectivity index (χ4n) is 17.5. The topological polar surface area (TPSA) is 427 Å². The molecule has 0 aromatic heterocycles. The Hall–Kier alpha value is -3.21. The van der Waals surface area contributed by atoms with Gasteiger partial charge in [0.15, 0.2) is 37.4 Å². The average Bonchev–Trinajstić information content (AvgIpc) is 0.835. The molecule has 8 fully saturated rings. The lowest BCUT2D eigenvalue weighted by Crippen LogP contribution is -2.76. The molecule has 27 heteroatoms. The number of carbonyl (C=O) groups is 3. The highest BCUT2D eigenvalue weighted by Crippen LogP contribution is 2.76. The van der Waals surface area contributed by atoms with Gasteiger partial charge in [0.05, 0.1) is 50.2 Å². The van der Waals surface area contributed by atoms with Crippen molar-refractivity contribution in [2.75, 3.05) is 26.4 Å². The predicted molar refractivity (Wildman–Crippen MR) is 303 cm³/mol. The van der Waals surface area contributed by atoms with Gasteiger partial charge in [0.1, 0.15) is 85.5 Å². The highest BCUT2D eigenvalue weighted by molar-refractivity contribution is 5.88. The summed E-state index contributed by atoms with van der Waals surface area (Å²) in [5, 5.41) is 157. The maximum atomic E-state index is 13.9. The van der Waals surface area contributed by atoms with Gasteiger partial charge in [0.25, 0.3) is 0 Å². The number of aliphatic hydroxyl groups excluding tert-OH is 13. The maximum Gasteiger partial charge on any atom is 0.335 e. The quantitative estimate of drug-likeness (QED) is 0.0371. The number of allylic oxidation sites excluding steroid dienone is 3. The molecule has 4 heterocycles. The van der Waals surface area contributed by atoms with Crippen molar-refractivity contribution in [2.24, 2.45) is 50.2 Å². The minimum absolute atomic E-state index is 0.209. The third-order valence-electron chi connectivity index (χ3n) is 22.7. The van der Waals surface area contributed by atoms with E-state index in [2.05, 4.69) is 19.9 Å². The van der Waals surface area contributed by atoms with Gasteiger partial charge in [-0.05, 0) is 100 Å². The van der Waals surface area contributed by atoms with E-state index in [4.69, 9.17) is 47.4 Å². The molecule has 0 radical (unpaired) electrons. The van der Waals surface area contributed by atoms with Gasteiger partial charge in [-0.15, -0.1) is 0 Å². The van der Waals surface area contributed by atoms with Crippen molar-refractivity contribution in [3.05, 3.63) is 34.9 Å². The van der Waals surface area contributed by atoms with Crippen LogP contribution in [-0.4, -0.2) is 257 Å². The Morgan fingerprint density at radius 3 is 1.81 bits per heavy atom. The van der Waals surface area contributed by atoms with E-state index in [0.717, 1.165) is 5.57 Å². The van der Waals surface area contributed by atoms with Gasteiger partial charge in [0.2, 0.25) is 0 Å². The summed E-state index contributed by atoms with van der Waals surface area (Å²) in [6.07, 6.45) is -33.5. The number of rotatable bonds is 16. The molecule has 27 nitrogen and oxygen atoms in total. The van der Waals surface area contributed by atoms with E-state index >= 15 is 0 Å². The second-order valence-corrected chi connectivity index (χ2v) is 28.7. The first-order valence-corrected chi connectivity index (χ1v) is 31.0. The number of carboxylic acid groups (broad SMARTS) is 1. The van der Waals surface area contributed by atoms with Crippen LogP contribution < -0.4 is 0 Å². The fourth-order valence-corrected chi connectivity index (χ4v) is 17.5. The van der Waals surface area contributed by atoms with E-state index in [-0.39, 0.29) is 30.3 Å². The molecule has 14 N–H and O–H groups in total. The maximum absolute atomic E-state index is 13.9. The van der Waals surface area contributed by atoms with Crippen LogP contribution in [0.2, 0.25) is 0 Å². The molecule has 4 aliphatic heterocycles.